The van der Waals surface area contributed by atoms with Crippen LogP contribution in [0.1, 0.15) is 43.5 Å². The Kier molecular flexibility index (Phi) is 3.72. The number of hydrogen-bond donors (Lipinski definition) is 1. The van der Waals surface area contributed by atoms with Crippen molar-refractivity contribution in [1.82, 2.24) is 0 Å². The van der Waals surface area contributed by atoms with Crippen LogP contribution in [0.15, 0.2) is 48.5 Å². The van der Waals surface area contributed by atoms with Gasteiger partial charge in [0.15, 0.2) is 0 Å². The van der Waals surface area contributed by atoms with Gasteiger partial charge in [0.2, 0.25) is 0 Å². The quantitative estimate of drug-likeness (QED) is 0.858. The lowest BCUT2D eigenvalue weighted by molar-refractivity contribution is 0.577. The minimum atomic E-state index is -0.300. The molecule has 0 bridgehead atoms. The van der Waals surface area contributed by atoms with Crippen LogP contribution in [0, 0.1) is 5.82 Å². The van der Waals surface area contributed by atoms with Crippen molar-refractivity contribution in [3.05, 3.63) is 71.0 Å². The van der Waals surface area contributed by atoms with E-state index in [2.05, 4.69) is 26.8 Å². The van der Waals surface area contributed by atoms with Gasteiger partial charge in [0, 0.05) is 0 Å². The molecule has 0 aliphatic rings. The molecule has 0 fully saturated rings. The summed E-state index contributed by atoms with van der Waals surface area (Å²) in [4.78, 5) is 0. The fourth-order valence-electron chi connectivity index (χ4n) is 2.33. The molecule has 0 aliphatic heterocycles. The molecule has 0 aromatic heterocycles. The Balaban J connectivity index is 2.48. The number of rotatable bonds is 2. The number of hydrogen-bond acceptors (Lipinski definition) is 1. The smallest absolute Gasteiger partial charge is 0.123 e. The van der Waals surface area contributed by atoms with Crippen LogP contribution >= 0.6 is 0 Å². The van der Waals surface area contributed by atoms with E-state index in [1.807, 2.05) is 24.3 Å². The van der Waals surface area contributed by atoms with Crippen LogP contribution in [0.4, 0.5) is 4.39 Å². The Hall–Kier alpha value is -1.67. The fourth-order valence-corrected chi connectivity index (χ4v) is 2.33. The van der Waals surface area contributed by atoms with Gasteiger partial charge in [-0.05, 0) is 34.2 Å². The van der Waals surface area contributed by atoms with Crippen LogP contribution in [-0.2, 0) is 5.41 Å². The molecule has 2 aromatic carbocycles. The van der Waals surface area contributed by atoms with Crippen LogP contribution < -0.4 is 5.73 Å². The first-order chi connectivity index (χ1) is 8.89. The first kappa shape index (κ1) is 13.8. The van der Waals surface area contributed by atoms with Gasteiger partial charge >= 0.3 is 0 Å². The fraction of sp³-hybridized carbons (Fsp3) is 0.294. The number of nitrogens with two attached hydrogens (primary N) is 1. The van der Waals surface area contributed by atoms with Gasteiger partial charge in [-0.1, -0.05) is 57.2 Å². The predicted molar refractivity (Wildman–Crippen MR) is 77.6 cm³/mol. The second-order valence-corrected chi connectivity index (χ2v) is 5.87. The van der Waals surface area contributed by atoms with E-state index in [9.17, 15) is 4.39 Å². The van der Waals surface area contributed by atoms with Gasteiger partial charge in [-0.2, -0.15) is 0 Å². The number of halogens is 1. The first-order valence-corrected chi connectivity index (χ1v) is 6.50. The van der Waals surface area contributed by atoms with Crippen molar-refractivity contribution >= 4 is 0 Å². The maximum absolute atomic E-state index is 13.3. The third-order valence-corrected chi connectivity index (χ3v) is 3.31. The minimum absolute atomic E-state index is 0.0154. The van der Waals surface area contributed by atoms with Crippen molar-refractivity contribution in [3.63, 3.8) is 0 Å². The molecule has 1 atom stereocenters. The van der Waals surface area contributed by atoms with Crippen LogP contribution in [-0.4, -0.2) is 0 Å². The molecule has 0 aliphatic carbocycles. The van der Waals surface area contributed by atoms with Crippen molar-refractivity contribution in [2.24, 2.45) is 5.73 Å². The molecule has 1 nitrogen and oxygen atoms in total. The highest BCUT2D eigenvalue weighted by atomic mass is 19.1. The Morgan fingerprint density at radius 2 is 1.68 bits per heavy atom. The highest BCUT2D eigenvalue weighted by molar-refractivity contribution is 5.40. The standard InChI is InChI=1S/C17H20FN/c1-17(2,3)15-10-5-4-9-14(15)16(19)12-7-6-8-13(18)11-12/h4-11,16H,19H2,1-3H3. The molecule has 0 spiro atoms. The summed E-state index contributed by atoms with van der Waals surface area (Å²) in [6, 6.07) is 14.3. The normalized spacial score (nSPS) is 13.3. The Morgan fingerprint density at radius 3 is 2.32 bits per heavy atom. The molecule has 0 saturated heterocycles. The van der Waals surface area contributed by atoms with E-state index in [4.69, 9.17) is 5.73 Å². The van der Waals surface area contributed by atoms with Crippen molar-refractivity contribution in [2.45, 2.75) is 32.2 Å². The zero-order valence-corrected chi connectivity index (χ0v) is 11.7. The lowest BCUT2D eigenvalue weighted by atomic mass is 9.81. The van der Waals surface area contributed by atoms with E-state index >= 15 is 0 Å². The summed E-state index contributed by atoms with van der Waals surface area (Å²) < 4.78 is 13.3. The average Bonchev–Trinajstić information content (AvgIpc) is 2.37. The van der Waals surface area contributed by atoms with Gasteiger partial charge in [0.25, 0.3) is 0 Å². The van der Waals surface area contributed by atoms with Crippen LogP contribution in [0.3, 0.4) is 0 Å². The van der Waals surface area contributed by atoms with Crippen molar-refractivity contribution in [2.75, 3.05) is 0 Å². The molecule has 1 unspecified atom stereocenters. The van der Waals surface area contributed by atoms with Crippen LogP contribution in [0.2, 0.25) is 0 Å². The molecule has 2 aromatic rings. The molecule has 0 saturated carbocycles. The van der Waals surface area contributed by atoms with E-state index in [1.165, 1.54) is 17.7 Å². The number of benzene rings is 2. The van der Waals surface area contributed by atoms with Crippen LogP contribution in [0.5, 0.6) is 0 Å². The summed E-state index contributed by atoms with van der Waals surface area (Å²) in [5.74, 6) is -0.249. The summed E-state index contributed by atoms with van der Waals surface area (Å²) in [6.45, 7) is 6.47. The van der Waals surface area contributed by atoms with Gasteiger partial charge in [0.1, 0.15) is 5.82 Å². The highest BCUT2D eigenvalue weighted by Crippen LogP contribution is 2.31. The maximum atomic E-state index is 13.3. The molecule has 19 heavy (non-hydrogen) atoms. The van der Waals surface area contributed by atoms with Gasteiger partial charge in [-0.15, -0.1) is 0 Å². The van der Waals surface area contributed by atoms with Crippen LogP contribution in [0.25, 0.3) is 0 Å². The second-order valence-electron chi connectivity index (χ2n) is 5.87. The third-order valence-electron chi connectivity index (χ3n) is 3.31. The molecule has 100 valence electrons. The molecule has 0 heterocycles. The van der Waals surface area contributed by atoms with Gasteiger partial charge in [-0.3, -0.25) is 0 Å². The largest absolute Gasteiger partial charge is 0.320 e. The second kappa shape index (κ2) is 5.14. The average molecular weight is 257 g/mol. The molecular weight excluding hydrogens is 237 g/mol. The van der Waals surface area contributed by atoms with Crippen molar-refractivity contribution < 1.29 is 4.39 Å². The lowest BCUT2D eigenvalue weighted by Gasteiger charge is -2.26. The SMILES string of the molecule is CC(C)(C)c1ccccc1C(N)c1cccc(F)c1. The zero-order valence-electron chi connectivity index (χ0n) is 11.7. The van der Waals surface area contributed by atoms with Gasteiger partial charge in [-0.25, -0.2) is 4.39 Å². The van der Waals surface area contributed by atoms with Gasteiger partial charge in [0.05, 0.1) is 6.04 Å². The zero-order chi connectivity index (χ0) is 14.0. The Labute approximate surface area is 114 Å². The topological polar surface area (TPSA) is 26.0 Å². The maximum Gasteiger partial charge on any atom is 0.123 e. The molecule has 0 amide bonds. The minimum Gasteiger partial charge on any atom is -0.320 e. The van der Waals surface area contributed by atoms with Crippen molar-refractivity contribution in [3.8, 4) is 0 Å². The van der Waals surface area contributed by atoms with Crippen molar-refractivity contribution in [1.29, 1.82) is 0 Å². The Morgan fingerprint density at radius 1 is 1.00 bits per heavy atom. The predicted octanol–water partition coefficient (Wildman–Crippen LogP) is 4.17. The summed E-state index contributed by atoms with van der Waals surface area (Å²) in [5, 5.41) is 0. The highest BCUT2D eigenvalue weighted by Gasteiger charge is 2.21. The summed E-state index contributed by atoms with van der Waals surface area (Å²) in [5.41, 5.74) is 9.39. The lowest BCUT2D eigenvalue weighted by Crippen LogP contribution is -2.20. The van der Waals surface area contributed by atoms with E-state index < -0.39 is 0 Å². The molecule has 0 radical (unpaired) electrons. The third kappa shape index (κ3) is 3.02. The Bertz CT molecular complexity index is 569. The molecule has 2 N–H and O–H groups in total. The molecular formula is C17H20FN. The summed E-state index contributed by atoms with van der Waals surface area (Å²) in [6.07, 6.45) is 0. The van der Waals surface area contributed by atoms with E-state index in [-0.39, 0.29) is 17.3 Å². The first-order valence-electron chi connectivity index (χ1n) is 6.50. The summed E-state index contributed by atoms with van der Waals surface area (Å²) >= 11 is 0. The monoisotopic (exact) mass is 257 g/mol. The van der Waals surface area contributed by atoms with E-state index in [0.717, 1.165) is 11.1 Å². The molecule has 2 rings (SSSR count). The summed E-state index contributed by atoms with van der Waals surface area (Å²) in [7, 11) is 0. The molecule has 2 heteroatoms. The van der Waals surface area contributed by atoms with Gasteiger partial charge < -0.3 is 5.73 Å². The van der Waals surface area contributed by atoms with E-state index in [1.54, 1.807) is 6.07 Å². The van der Waals surface area contributed by atoms with E-state index in [0.29, 0.717) is 0 Å².